The van der Waals surface area contributed by atoms with Crippen LogP contribution >= 0.6 is 0 Å². The van der Waals surface area contributed by atoms with E-state index < -0.39 is 22.3 Å². The van der Waals surface area contributed by atoms with Crippen LogP contribution in [0.25, 0.3) is 0 Å². The zero-order valence-corrected chi connectivity index (χ0v) is 25.5. The molecule has 1 fully saturated rings. The third-order valence-electron chi connectivity index (χ3n) is 9.36. The molecule has 0 bridgehead atoms. The fourth-order valence-electron chi connectivity index (χ4n) is 6.80. The summed E-state index contributed by atoms with van der Waals surface area (Å²) in [5.74, 6) is -1.64. The molecule has 3 heterocycles. The van der Waals surface area contributed by atoms with E-state index in [-0.39, 0.29) is 48.7 Å². The zero-order valence-electron chi connectivity index (χ0n) is 25.5. The minimum absolute atomic E-state index is 0.0131. The highest BCUT2D eigenvalue weighted by atomic mass is 16.6. The van der Waals surface area contributed by atoms with Crippen molar-refractivity contribution in [2.24, 2.45) is 5.92 Å². The van der Waals surface area contributed by atoms with Gasteiger partial charge in [0.2, 0.25) is 11.8 Å². The number of anilines is 2. The largest absolute Gasteiger partial charge is 0.394 e. The molecule has 0 radical (unpaired) electrons. The van der Waals surface area contributed by atoms with Gasteiger partial charge in [0, 0.05) is 55.2 Å². The maximum Gasteiger partial charge on any atom is 0.269 e. The first kappa shape index (κ1) is 31.1. The first-order chi connectivity index (χ1) is 22.1. The monoisotopic (exact) mass is 624 g/mol. The van der Waals surface area contributed by atoms with E-state index in [1.165, 1.54) is 23.1 Å². The molecule has 0 unspecified atom stereocenters. The zero-order chi connectivity index (χ0) is 32.6. The van der Waals surface area contributed by atoms with Crippen molar-refractivity contribution in [2.45, 2.75) is 57.3 Å². The molecule has 3 atom stereocenters. The number of fused-ring (bicyclic) bond motifs is 2. The topological polar surface area (TPSA) is 145 Å². The van der Waals surface area contributed by atoms with Crippen LogP contribution in [-0.4, -0.2) is 57.0 Å². The molecule has 0 aliphatic carbocycles. The number of hydrogen-bond acceptors (Lipinski definition) is 7. The quantitative estimate of drug-likeness (QED) is 0.208. The van der Waals surface area contributed by atoms with Gasteiger partial charge in [0.1, 0.15) is 0 Å². The van der Waals surface area contributed by atoms with Crippen molar-refractivity contribution in [2.75, 3.05) is 23.0 Å². The molecule has 3 aliphatic heterocycles. The van der Waals surface area contributed by atoms with E-state index in [0.717, 1.165) is 28.8 Å². The summed E-state index contributed by atoms with van der Waals surface area (Å²) in [6.45, 7) is 2.55. The van der Waals surface area contributed by atoms with E-state index >= 15 is 0 Å². The lowest BCUT2D eigenvalue weighted by Gasteiger charge is -2.36. The number of nitro groups is 1. The predicted molar refractivity (Wildman–Crippen MR) is 171 cm³/mol. The van der Waals surface area contributed by atoms with E-state index in [2.05, 4.69) is 0 Å². The maximum atomic E-state index is 14.1. The molecule has 3 amide bonds. The molecule has 1 saturated heterocycles. The maximum absolute atomic E-state index is 14.1. The van der Waals surface area contributed by atoms with Crippen LogP contribution in [0.15, 0.2) is 78.9 Å². The van der Waals surface area contributed by atoms with Crippen molar-refractivity contribution in [3.63, 3.8) is 0 Å². The first-order valence-corrected chi connectivity index (χ1v) is 15.5. The van der Waals surface area contributed by atoms with Crippen LogP contribution in [0.2, 0.25) is 0 Å². The summed E-state index contributed by atoms with van der Waals surface area (Å²) < 4.78 is 0. The molecule has 3 aliphatic rings. The van der Waals surface area contributed by atoms with Gasteiger partial charge in [-0.1, -0.05) is 55.5 Å². The number of benzene rings is 3. The smallest absolute Gasteiger partial charge is 0.269 e. The molecule has 0 aromatic heterocycles. The average molecular weight is 625 g/mol. The van der Waals surface area contributed by atoms with Gasteiger partial charge >= 0.3 is 0 Å². The molecule has 46 heavy (non-hydrogen) atoms. The fourth-order valence-corrected chi connectivity index (χ4v) is 6.80. The minimum atomic E-state index is -2.12. The van der Waals surface area contributed by atoms with Gasteiger partial charge in [-0.05, 0) is 47.7 Å². The van der Waals surface area contributed by atoms with E-state index in [1.807, 2.05) is 48.5 Å². The molecular formula is C35H36N4O7. The van der Waals surface area contributed by atoms with Gasteiger partial charge in [0.05, 0.1) is 29.8 Å². The normalized spacial score (nSPS) is 21.5. The Labute approximate surface area is 266 Å². The average Bonchev–Trinajstić information content (AvgIpc) is 3.59. The highest BCUT2D eigenvalue weighted by Crippen LogP contribution is 2.47. The molecule has 0 saturated carbocycles. The minimum Gasteiger partial charge on any atom is -0.394 e. The van der Waals surface area contributed by atoms with Crippen molar-refractivity contribution in [1.29, 1.82) is 0 Å². The molecule has 11 heteroatoms. The fraction of sp³-hybridized carbons (Fsp3) is 0.343. The van der Waals surface area contributed by atoms with Crippen molar-refractivity contribution in [3.05, 3.63) is 111 Å². The number of carbonyl (C=O) groups is 3. The molecule has 0 spiro atoms. The van der Waals surface area contributed by atoms with Crippen LogP contribution in [0, 0.1) is 16.0 Å². The second-order valence-corrected chi connectivity index (χ2v) is 12.2. The van der Waals surface area contributed by atoms with Crippen LogP contribution in [0.5, 0.6) is 0 Å². The van der Waals surface area contributed by atoms with E-state index in [9.17, 15) is 34.7 Å². The van der Waals surface area contributed by atoms with Gasteiger partial charge in [0.15, 0.2) is 5.60 Å². The van der Waals surface area contributed by atoms with Crippen molar-refractivity contribution < 1.29 is 29.5 Å². The van der Waals surface area contributed by atoms with Gasteiger partial charge in [-0.25, -0.2) is 0 Å². The number of amides is 3. The van der Waals surface area contributed by atoms with Gasteiger partial charge in [-0.3, -0.25) is 24.5 Å². The van der Waals surface area contributed by atoms with Gasteiger partial charge in [-0.2, -0.15) is 0 Å². The lowest BCUT2D eigenvalue weighted by molar-refractivity contribution is -0.385. The standard InChI is InChI=1S/C35H36N4O7/c1-23(7-4-12-33(42)37-21-26-10-3-2-9-25(26)18-29(37)22-40)35(44)30-19-28(39(45)46)14-15-31(30)38(34(35)43)20-24-8-5-11-27(17-24)36-16-6-13-32(36)41/h2-5,7-11,14-15,17,19,23,29,40,44H,6,12-13,16,18,20-22H2,1H3/b7-4+/t23-,29+,35+/m1/s1. The number of aliphatic hydroxyl groups is 2. The Kier molecular flexibility index (Phi) is 8.45. The summed E-state index contributed by atoms with van der Waals surface area (Å²) in [5, 5.41) is 33.7. The van der Waals surface area contributed by atoms with Crippen LogP contribution < -0.4 is 9.80 Å². The van der Waals surface area contributed by atoms with Crippen LogP contribution in [0.4, 0.5) is 17.1 Å². The van der Waals surface area contributed by atoms with E-state index in [4.69, 9.17) is 0 Å². The summed E-state index contributed by atoms with van der Waals surface area (Å²) in [4.78, 5) is 55.5. The number of rotatable bonds is 9. The molecule has 238 valence electrons. The summed E-state index contributed by atoms with van der Waals surface area (Å²) in [6, 6.07) is 18.8. The Morgan fingerprint density at radius 2 is 1.89 bits per heavy atom. The van der Waals surface area contributed by atoms with Crippen molar-refractivity contribution in [1.82, 2.24) is 4.90 Å². The number of hydrogen-bond donors (Lipinski definition) is 2. The lowest BCUT2D eigenvalue weighted by atomic mass is 9.82. The van der Waals surface area contributed by atoms with Crippen LogP contribution in [-0.2, 0) is 39.5 Å². The molecule has 11 nitrogen and oxygen atoms in total. The van der Waals surface area contributed by atoms with Gasteiger partial charge < -0.3 is 24.9 Å². The third-order valence-corrected chi connectivity index (χ3v) is 9.36. The molecule has 3 aromatic rings. The third kappa shape index (κ3) is 5.56. The van der Waals surface area contributed by atoms with E-state index in [0.29, 0.717) is 31.6 Å². The molecule has 6 rings (SSSR count). The predicted octanol–water partition coefficient (Wildman–Crippen LogP) is 3.98. The summed E-state index contributed by atoms with van der Waals surface area (Å²) in [5.41, 5.74) is 1.69. The second-order valence-electron chi connectivity index (χ2n) is 12.2. The van der Waals surface area contributed by atoms with Gasteiger partial charge in [-0.15, -0.1) is 0 Å². The highest BCUT2D eigenvalue weighted by molar-refractivity contribution is 6.07. The Bertz CT molecular complexity index is 1740. The summed E-state index contributed by atoms with van der Waals surface area (Å²) in [7, 11) is 0. The molecule has 3 aromatic carbocycles. The number of aliphatic hydroxyl groups excluding tert-OH is 1. The Morgan fingerprint density at radius 1 is 1.11 bits per heavy atom. The second kappa shape index (κ2) is 12.5. The van der Waals surface area contributed by atoms with Gasteiger partial charge in [0.25, 0.3) is 11.6 Å². The van der Waals surface area contributed by atoms with E-state index in [1.54, 1.807) is 28.9 Å². The molecular weight excluding hydrogens is 588 g/mol. The Hall–Kier alpha value is -4.87. The molecule has 2 N–H and O–H groups in total. The summed E-state index contributed by atoms with van der Waals surface area (Å²) in [6.07, 6.45) is 4.99. The first-order valence-electron chi connectivity index (χ1n) is 15.5. The number of non-ortho nitro benzene ring substituents is 1. The van der Waals surface area contributed by atoms with Crippen LogP contribution in [0.3, 0.4) is 0 Å². The number of nitro benzene ring substituents is 1. The van der Waals surface area contributed by atoms with Crippen molar-refractivity contribution in [3.8, 4) is 0 Å². The number of carbonyl (C=O) groups excluding carboxylic acids is 3. The van der Waals surface area contributed by atoms with Crippen LogP contribution in [0.1, 0.15) is 48.4 Å². The Morgan fingerprint density at radius 3 is 2.61 bits per heavy atom. The SMILES string of the molecule is C[C@H](/C=C/CC(=O)N1Cc2ccccc2C[C@H]1CO)[C@@]1(O)C(=O)N(Cc2cccc(N3CCCC3=O)c2)c2ccc([N+](=O)[O-])cc21. The highest BCUT2D eigenvalue weighted by Gasteiger charge is 2.53. The Balaban J connectivity index is 1.24. The lowest BCUT2D eigenvalue weighted by Crippen LogP contribution is -2.46. The van der Waals surface area contributed by atoms with Crippen molar-refractivity contribution >= 4 is 34.8 Å². The number of nitrogens with zero attached hydrogens (tertiary/aromatic N) is 4. The summed E-state index contributed by atoms with van der Waals surface area (Å²) >= 11 is 0.